The Kier molecular flexibility index (Phi) is 6.86. The van der Waals surface area contributed by atoms with Gasteiger partial charge in [0.05, 0.1) is 5.56 Å². The van der Waals surface area contributed by atoms with E-state index in [2.05, 4.69) is 9.88 Å². The number of pyridine rings is 1. The van der Waals surface area contributed by atoms with Crippen molar-refractivity contribution in [3.8, 4) is 5.88 Å². The zero-order chi connectivity index (χ0) is 23.5. The molecule has 0 aliphatic carbocycles. The second-order valence-electron chi connectivity index (χ2n) is 8.70. The number of piperazine rings is 1. The van der Waals surface area contributed by atoms with Crippen LogP contribution in [0.2, 0.25) is 0 Å². The molecule has 0 unspecified atom stereocenters. The van der Waals surface area contributed by atoms with E-state index in [9.17, 15) is 14.0 Å². The minimum absolute atomic E-state index is 0.0631. The number of anilines is 1. The van der Waals surface area contributed by atoms with Gasteiger partial charge in [0.2, 0.25) is 5.88 Å². The number of ether oxygens (including phenoxy) is 2. The highest BCUT2D eigenvalue weighted by Crippen LogP contribution is 2.22. The second-order valence-corrected chi connectivity index (χ2v) is 8.70. The lowest BCUT2D eigenvalue weighted by Gasteiger charge is -2.40. The van der Waals surface area contributed by atoms with Crippen LogP contribution in [-0.4, -0.2) is 58.3 Å². The number of hydrogen-bond acceptors (Lipinski definition) is 6. The van der Waals surface area contributed by atoms with Crippen molar-refractivity contribution >= 4 is 17.9 Å². The summed E-state index contributed by atoms with van der Waals surface area (Å²) in [6.45, 7) is 9.08. The number of hydrogen-bond donors (Lipinski definition) is 1. The van der Waals surface area contributed by atoms with Crippen molar-refractivity contribution in [3.05, 3.63) is 53.3 Å². The predicted molar refractivity (Wildman–Crippen MR) is 117 cm³/mol. The van der Waals surface area contributed by atoms with Crippen LogP contribution < -0.4 is 9.64 Å². The highest BCUT2D eigenvalue weighted by molar-refractivity contribution is 5.87. The highest BCUT2D eigenvalue weighted by atomic mass is 19.1. The van der Waals surface area contributed by atoms with E-state index in [1.165, 1.54) is 12.1 Å². The van der Waals surface area contributed by atoms with Gasteiger partial charge in [-0.1, -0.05) is 12.1 Å². The molecule has 1 aromatic carbocycles. The highest BCUT2D eigenvalue weighted by Gasteiger charge is 2.31. The van der Waals surface area contributed by atoms with Crippen LogP contribution in [0.3, 0.4) is 0 Å². The number of carbonyl (C=O) groups is 2. The number of carboxylic acid groups (broad SMARTS) is 1. The first-order valence-corrected chi connectivity index (χ1v) is 10.4. The molecule has 1 atom stereocenters. The number of nitrogens with zero attached hydrogens (tertiary/aromatic N) is 3. The first-order chi connectivity index (χ1) is 15.0. The van der Waals surface area contributed by atoms with Gasteiger partial charge >= 0.3 is 12.1 Å². The quantitative estimate of drug-likeness (QED) is 0.745. The molecule has 1 aliphatic rings. The van der Waals surface area contributed by atoms with Crippen LogP contribution in [-0.2, 0) is 11.3 Å². The Balaban J connectivity index is 1.62. The summed E-state index contributed by atoms with van der Waals surface area (Å²) in [5.41, 5.74) is -0.429. The molecule has 0 spiro atoms. The first kappa shape index (κ1) is 23.3. The van der Waals surface area contributed by atoms with Crippen molar-refractivity contribution < 1.29 is 28.6 Å². The lowest BCUT2D eigenvalue weighted by Crippen LogP contribution is -2.55. The Bertz CT molecular complexity index is 992. The van der Waals surface area contributed by atoms with Gasteiger partial charge in [-0.2, -0.15) is 4.98 Å². The molecule has 1 fully saturated rings. The van der Waals surface area contributed by atoms with E-state index >= 15 is 0 Å². The van der Waals surface area contributed by atoms with Crippen LogP contribution in [0.4, 0.5) is 15.0 Å². The van der Waals surface area contributed by atoms with Crippen LogP contribution in [0.15, 0.2) is 36.4 Å². The largest absolute Gasteiger partial charge is 0.478 e. The number of benzene rings is 1. The number of amides is 1. The average molecular weight is 445 g/mol. The van der Waals surface area contributed by atoms with Crippen LogP contribution in [0.25, 0.3) is 0 Å². The molecule has 8 nitrogen and oxygen atoms in total. The zero-order valence-corrected chi connectivity index (χ0v) is 18.7. The fourth-order valence-electron chi connectivity index (χ4n) is 3.37. The molecular weight excluding hydrogens is 417 g/mol. The average Bonchev–Trinajstić information content (AvgIpc) is 2.71. The summed E-state index contributed by atoms with van der Waals surface area (Å²) in [5.74, 6) is -0.814. The molecule has 0 bridgehead atoms. The summed E-state index contributed by atoms with van der Waals surface area (Å²) < 4.78 is 25.2. The molecule has 9 heteroatoms. The van der Waals surface area contributed by atoms with Crippen LogP contribution in [0.5, 0.6) is 5.88 Å². The molecular formula is C23H28FN3O5. The number of carbonyl (C=O) groups excluding carboxylic acids is 1. The molecule has 3 rings (SSSR count). The summed E-state index contributed by atoms with van der Waals surface area (Å²) >= 11 is 0. The maximum Gasteiger partial charge on any atom is 0.410 e. The summed E-state index contributed by atoms with van der Waals surface area (Å²) in [6, 6.07) is 8.95. The van der Waals surface area contributed by atoms with E-state index in [0.717, 1.165) is 6.07 Å². The molecule has 1 aliphatic heterocycles. The Morgan fingerprint density at radius 3 is 2.59 bits per heavy atom. The predicted octanol–water partition coefficient (Wildman–Crippen LogP) is 3.94. The van der Waals surface area contributed by atoms with Gasteiger partial charge in [0.15, 0.2) is 0 Å². The van der Waals surface area contributed by atoms with Crippen molar-refractivity contribution in [2.75, 3.05) is 24.5 Å². The molecule has 0 radical (unpaired) electrons. The molecule has 2 heterocycles. The van der Waals surface area contributed by atoms with Gasteiger partial charge < -0.3 is 24.4 Å². The van der Waals surface area contributed by atoms with Gasteiger partial charge in [-0.15, -0.1) is 0 Å². The number of aromatic carboxylic acids is 1. The van der Waals surface area contributed by atoms with Crippen LogP contribution >= 0.6 is 0 Å². The summed E-state index contributed by atoms with van der Waals surface area (Å²) in [4.78, 5) is 31.6. The minimum Gasteiger partial charge on any atom is -0.478 e. The third-order valence-electron chi connectivity index (χ3n) is 4.96. The molecule has 32 heavy (non-hydrogen) atoms. The van der Waals surface area contributed by atoms with Gasteiger partial charge in [-0.3, -0.25) is 0 Å². The molecule has 1 N–H and O–H groups in total. The summed E-state index contributed by atoms with van der Waals surface area (Å²) in [7, 11) is 0. The molecule has 0 saturated carbocycles. The summed E-state index contributed by atoms with van der Waals surface area (Å²) in [5, 5.41) is 8.94. The van der Waals surface area contributed by atoms with Gasteiger partial charge in [0, 0.05) is 37.3 Å². The molecule has 1 saturated heterocycles. The Morgan fingerprint density at radius 2 is 1.97 bits per heavy atom. The van der Waals surface area contributed by atoms with Gasteiger partial charge in [0.1, 0.15) is 23.8 Å². The van der Waals surface area contributed by atoms with Gasteiger partial charge in [-0.25, -0.2) is 14.0 Å². The topological polar surface area (TPSA) is 92.2 Å². The Morgan fingerprint density at radius 1 is 1.22 bits per heavy atom. The molecule has 2 aromatic rings. The van der Waals surface area contributed by atoms with E-state index in [1.54, 1.807) is 17.0 Å². The Hall–Kier alpha value is -3.36. The number of rotatable bonds is 5. The first-order valence-electron chi connectivity index (χ1n) is 10.4. The monoisotopic (exact) mass is 445 g/mol. The van der Waals surface area contributed by atoms with Gasteiger partial charge in [0.25, 0.3) is 0 Å². The van der Waals surface area contributed by atoms with Crippen molar-refractivity contribution in [2.45, 2.75) is 45.9 Å². The SMILES string of the molecule is C[C@H]1CN(c2cccc(OCc3ccc(C(=O)O)cc3F)n2)CCN1C(=O)OC(C)(C)C. The lowest BCUT2D eigenvalue weighted by atomic mass is 10.1. The van der Waals surface area contributed by atoms with E-state index in [4.69, 9.17) is 14.6 Å². The van der Waals surface area contributed by atoms with Crippen molar-refractivity contribution in [1.82, 2.24) is 9.88 Å². The van der Waals surface area contributed by atoms with E-state index in [0.29, 0.717) is 31.3 Å². The van der Waals surface area contributed by atoms with E-state index in [-0.39, 0.29) is 29.9 Å². The maximum atomic E-state index is 14.1. The number of carboxylic acids is 1. The van der Waals surface area contributed by atoms with Crippen LogP contribution in [0, 0.1) is 5.82 Å². The number of aromatic nitrogens is 1. The van der Waals surface area contributed by atoms with Crippen LogP contribution in [0.1, 0.15) is 43.6 Å². The molecule has 1 aromatic heterocycles. The normalized spacial score (nSPS) is 16.6. The third kappa shape index (κ3) is 5.87. The fraction of sp³-hybridized carbons (Fsp3) is 0.435. The fourth-order valence-corrected chi connectivity index (χ4v) is 3.37. The number of halogens is 1. The van der Waals surface area contributed by atoms with Gasteiger partial charge in [-0.05, 0) is 45.9 Å². The van der Waals surface area contributed by atoms with Crippen molar-refractivity contribution in [1.29, 1.82) is 0 Å². The Labute approximate surface area is 186 Å². The second kappa shape index (κ2) is 9.42. The standard InChI is InChI=1S/C23H28FN3O5/c1-15-13-26(10-11-27(15)22(30)32-23(2,3)4)19-6-5-7-20(25-19)31-14-17-9-8-16(21(28)29)12-18(17)24/h5-9,12,15H,10-11,13-14H2,1-4H3,(H,28,29)/t15-/m0/s1. The molecule has 1 amide bonds. The molecule has 172 valence electrons. The third-order valence-corrected chi connectivity index (χ3v) is 4.96. The van der Waals surface area contributed by atoms with Crippen molar-refractivity contribution in [2.24, 2.45) is 0 Å². The lowest BCUT2D eigenvalue weighted by molar-refractivity contribution is 0.0158. The van der Waals surface area contributed by atoms with Crippen molar-refractivity contribution in [3.63, 3.8) is 0 Å². The summed E-state index contributed by atoms with van der Waals surface area (Å²) in [6.07, 6.45) is -0.328. The smallest absolute Gasteiger partial charge is 0.410 e. The maximum absolute atomic E-state index is 14.1. The van der Waals surface area contributed by atoms with E-state index < -0.39 is 17.4 Å². The van der Waals surface area contributed by atoms with E-state index in [1.807, 2.05) is 33.8 Å². The minimum atomic E-state index is -1.19. The zero-order valence-electron chi connectivity index (χ0n) is 18.7.